The molecule has 1 saturated heterocycles. The summed E-state index contributed by atoms with van der Waals surface area (Å²) in [4.78, 5) is 23.9. The lowest BCUT2D eigenvalue weighted by molar-refractivity contribution is -0.146. The number of carbonyl (C=O) groups excluding carboxylic acids is 1. The first-order chi connectivity index (χ1) is 9.08. The first kappa shape index (κ1) is 13.1. The monoisotopic (exact) mass is 259 g/mol. The lowest BCUT2D eigenvalue weighted by Gasteiger charge is -2.17. The SMILES string of the molecule is O=C(O)[C@H]1C[C@@H](O)CN1C(=O)C#Cc1ccccc1. The van der Waals surface area contributed by atoms with E-state index in [1.807, 2.05) is 6.07 Å². The van der Waals surface area contributed by atoms with Crippen LogP contribution >= 0.6 is 0 Å². The lowest BCUT2D eigenvalue weighted by atomic mass is 10.2. The van der Waals surface area contributed by atoms with Gasteiger partial charge < -0.3 is 15.1 Å². The van der Waals surface area contributed by atoms with Gasteiger partial charge in [0.1, 0.15) is 6.04 Å². The molecular formula is C14H13NO4. The van der Waals surface area contributed by atoms with Gasteiger partial charge in [-0.25, -0.2) is 4.79 Å². The summed E-state index contributed by atoms with van der Waals surface area (Å²) in [7, 11) is 0. The number of likely N-dealkylation sites (tertiary alicyclic amines) is 1. The lowest BCUT2D eigenvalue weighted by Crippen LogP contribution is -2.39. The fraction of sp³-hybridized carbons (Fsp3) is 0.286. The highest BCUT2D eigenvalue weighted by atomic mass is 16.4. The van der Waals surface area contributed by atoms with Crippen molar-refractivity contribution < 1.29 is 19.8 Å². The van der Waals surface area contributed by atoms with E-state index in [0.29, 0.717) is 5.56 Å². The molecule has 2 rings (SSSR count). The summed E-state index contributed by atoms with van der Waals surface area (Å²) in [5.41, 5.74) is 0.683. The molecule has 0 aromatic heterocycles. The summed E-state index contributed by atoms with van der Waals surface area (Å²) in [6, 6.07) is 7.96. The molecule has 5 heteroatoms. The maximum absolute atomic E-state index is 11.9. The van der Waals surface area contributed by atoms with Crippen LogP contribution in [0.3, 0.4) is 0 Å². The summed E-state index contributed by atoms with van der Waals surface area (Å²) >= 11 is 0. The second-order valence-electron chi connectivity index (χ2n) is 4.32. The first-order valence-electron chi connectivity index (χ1n) is 5.86. The van der Waals surface area contributed by atoms with Crippen molar-refractivity contribution in [3.8, 4) is 11.8 Å². The number of aliphatic hydroxyl groups is 1. The molecule has 98 valence electrons. The van der Waals surface area contributed by atoms with Gasteiger partial charge in [-0.3, -0.25) is 4.79 Å². The molecule has 1 aliphatic heterocycles. The van der Waals surface area contributed by atoms with Gasteiger partial charge >= 0.3 is 5.97 Å². The number of carbonyl (C=O) groups is 2. The van der Waals surface area contributed by atoms with Crippen molar-refractivity contribution in [2.24, 2.45) is 0 Å². The Bertz CT molecular complexity index is 544. The number of carboxylic acids is 1. The van der Waals surface area contributed by atoms with E-state index in [-0.39, 0.29) is 13.0 Å². The number of hydrogen-bond donors (Lipinski definition) is 2. The number of benzene rings is 1. The molecule has 1 heterocycles. The standard InChI is InChI=1S/C14H13NO4/c16-11-8-12(14(18)19)15(9-11)13(17)7-6-10-4-2-1-3-5-10/h1-5,11-12,16H,8-9H2,(H,18,19)/t11-,12-/m1/s1. The predicted octanol–water partition coefficient (Wildman–Crippen LogP) is 0.0845. The second kappa shape index (κ2) is 5.55. The normalized spacial score (nSPS) is 21.6. The van der Waals surface area contributed by atoms with Crippen molar-refractivity contribution in [2.45, 2.75) is 18.6 Å². The minimum absolute atomic E-state index is 0.0132. The van der Waals surface area contributed by atoms with Crippen LogP contribution in [0.2, 0.25) is 0 Å². The largest absolute Gasteiger partial charge is 0.480 e. The van der Waals surface area contributed by atoms with Crippen molar-refractivity contribution in [2.75, 3.05) is 6.54 Å². The van der Waals surface area contributed by atoms with E-state index in [4.69, 9.17) is 5.11 Å². The Morgan fingerprint density at radius 2 is 1.95 bits per heavy atom. The molecule has 0 aliphatic carbocycles. The Morgan fingerprint density at radius 3 is 2.58 bits per heavy atom. The number of aliphatic carboxylic acids is 1. The summed E-state index contributed by atoms with van der Waals surface area (Å²) in [5, 5.41) is 18.4. The molecule has 1 aliphatic rings. The number of hydrogen-bond acceptors (Lipinski definition) is 3. The Hall–Kier alpha value is -2.32. The average Bonchev–Trinajstić information content (AvgIpc) is 2.79. The second-order valence-corrected chi connectivity index (χ2v) is 4.32. The molecule has 0 saturated carbocycles. The van der Waals surface area contributed by atoms with Crippen molar-refractivity contribution in [3.63, 3.8) is 0 Å². The van der Waals surface area contributed by atoms with Crippen LogP contribution in [0.5, 0.6) is 0 Å². The zero-order valence-electron chi connectivity index (χ0n) is 10.1. The van der Waals surface area contributed by atoms with E-state index in [1.54, 1.807) is 24.3 Å². The van der Waals surface area contributed by atoms with Crippen molar-refractivity contribution in [1.82, 2.24) is 4.90 Å². The Labute approximate surface area is 110 Å². The first-order valence-corrected chi connectivity index (χ1v) is 5.86. The number of amides is 1. The molecule has 1 aromatic rings. The summed E-state index contributed by atoms with van der Waals surface area (Å²) < 4.78 is 0. The van der Waals surface area contributed by atoms with E-state index in [9.17, 15) is 14.7 Å². The fourth-order valence-electron chi connectivity index (χ4n) is 1.99. The van der Waals surface area contributed by atoms with Crippen LogP contribution in [0, 0.1) is 11.8 Å². The smallest absolute Gasteiger partial charge is 0.326 e. The highest BCUT2D eigenvalue weighted by Gasteiger charge is 2.38. The van der Waals surface area contributed by atoms with Crippen LogP contribution in [-0.2, 0) is 9.59 Å². The summed E-state index contributed by atoms with van der Waals surface area (Å²) in [6.07, 6.45) is -0.753. The average molecular weight is 259 g/mol. The van der Waals surface area contributed by atoms with Crippen LogP contribution in [0.25, 0.3) is 0 Å². The third kappa shape index (κ3) is 3.12. The molecule has 2 N–H and O–H groups in total. The Kier molecular flexibility index (Phi) is 3.83. The van der Waals surface area contributed by atoms with E-state index < -0.39 is 24.0 Å². The molecule has 19 heavy (non-hydrogen) atoms. The molecule has 0 bridgehead atoms. The molecule has 0 radical (unpaired) electrons. The van der Waals surface area contributed by atoms with Crippen LogP contribution in [0.4, 0.5) is 0 Å². The number of aliphatic hydroxyl groups excluding tert-OH is 1. The highest BCUT2D eigenvalue weighted by Crippen LogP contribution is 2.17. The van der Waals surface area contributed by atoms with Gasteiger partial charge in [0.05, 0.1) is 6.10 Å². The van der Waals surface area contributed by atoms with Gasteiger partial charge in [0.25, 0.3) is 5.91 Å². The minimum Gasteiger partial charge on any atom is -0.480 e. The molecule has 1 aromatic carbocycles. The zero-order valence-corrected chi connectivity index (χ0v) is 10.1. The van der Waals surface area contributed by atoms with Crippen molar-refractivity contribution >= 4 is 11.9 Å². The van der Waals surface area contributed by atoms with Gasteiger partial charge in [0, 0.05) is 24.4 Å². The third-order valence-electron chi connectivity index (χ3n) is 2.91. The number of β-amino-alcohol motifs (C(OH)–C–C–N with tert-alkyl or cyclic N) is 1. The van der Waals surface area contributed by atoms with Crippen LogP contribution in [0.15, 0.2) is 30.3 Å². The van der Waals surface area contributed by atoms with Gasteiger partial charge in [-0.15, -0.1) is 0 Å². The van der Waals surface area contributed by atoms with Crippen LogP contribution < -0.4 is 0 Å². The van der Waals surface area contributed by atoms with Crippen LogP contribution in [-0.4, -0.2) is 45.7 Å². The minimum atomic E-state index is -1.12. The van der Waals surface area contributed by atoms with Gasteiger partial charge in [0.15, 0.2) is 0 Å². The molecular weight excluding hydrogens is 246 g/mol. The number of rotatable bonds is 1. The molecule has 2 atom stereocenters. The Balaban J connectivity index is 2.12. The van der Waals surface area contributed by atoms with E-state index in [0.717, 1.165) is 4.90 Å². The molecule has 1 fully saturated rings. The van der Waals surface area contributed by atoms with Gasteiger partial charge in [-0.1, -0.05) is 24.1 Å². The number of carboxylic acid groups (broad SMARTS) is 1. The maximum Gasteiger partial charge on any atom is 0.326 e. The van der Waals surface area contributed by atoms with Gasteiger partial charge in [-0.05, 0) is 12.1 Å². The quantitative estimate of drug-likeness (QED) is 0.700. The van der Waals surface area contributed by atoms with Crippen LogP contribution in [0.1, 0.15) is 12.0 Å². The highest BCUT2D eigenvalue weighted by molar-refractivity contribution is 5.97. The van der Waals surface area contributed by atoms with E-state index >= 15 is 0 Å². The molecule has 5 nitrogen and oxygen atoms in total. The summed E-state index contributed by atoms with van der Waals surface area (Å²) in [6.45, 7) is 0.0132. The number of nitrogens with zero attached hydrogens (tertiary/aromatic N) is 1. The van der Waals surface area contributed by atoms with E-state index in [1.165, 1.54) is 0 Å². The maximum atomic E-state index is 11.9. The molecule has 1 amide bonds. The fourth-order valence-corrected chi connectivity index (χ4v) is 1.99. The van der Waals surface area contributed by atoms with Gasteiger partial charge in [-0.2, -0.15) is 0 Å². The summed E-state index contributed by atoms with van der Waals surface area (Å²) in [5.74, 6) is 3.39. The third-order valence-corrected chi connectivity index (χ3v) is 2.91. The van der Waals surface area contributed by atoms with E-state index in [2.05, 4.69) is 11.8 Å². The topological polar surface area (TPSA) is 77.8 Å². The Morgan fingerprint density at radius 1 is 1.26 bits per heavy atom. The van der Waals surface area contributed by atoms with Crippen molar-refractivity contribution in [3.05, 3.63) is 35.9 Å². The predicted molar refractivity (Wildman–Crippen MR) is 67.1 cm³/mol. The zero-order chi connectivity index (χ0) is 13.8. The molecule has 0 spiro atoms. The van der Waals surface area contributed by atoms with Crippen molar-refractivity contribution in [1.29, 1.82) is 0 Å². The van der Waals surface area contributed by atoms with Gasteiger partial charge in [0.2, 0.25) is 0 Å². The molecule has 0 unspecified atom stereocenters.